The molecule has 0 spiro atoms. The number of nitrogens with zero attached hydrogens (tertiary/aromatic N) is 1. The van der Waals surface area contributed by atoms with E-state index in [9.17, 15) is 4.39 Å². The fourth-order valence-electron chi connectivity index (χ4n) is 1.06. The molecule has 2 rings (SSSR count). The summed E-state index contributed by atoms with van der Waals surface area (Å²) in [6.45, 7) is 1.89. The molecule has 0 amide bonds. The van der Waals surface area contributed by atoms with E-state index in [1.165, 1.54) is 12.3 Å². The van der Waals surface area contributed by atoms with Gasteiger partial charge in [-0.05, 0) is 18.6 Å². The number of halogens is 1. The van der Waals surface area contributed by atoms with Crippen molar-refractivity contribution in [3.63, 3.8) is 0 Å². The van der Waals surface area contributed by atoms with Crippen LogP contribution >= 0.6 is 0 Å². The zero-order valence-electron chi connectivity index (χ0n) is 5.97. The molecule has 0 bridgehead atoms. The van der Waals surface area contributed by atoms with E-state index in [1.54, 1.807) is 6.07 Å². The molecule has 1 aromatic carbocycles. The molecule has 0 fully saturated rings. The quantitative estimate of drug-likeness (QED) is 0.577. The number of fused-ring (bicyclic) bond motifs is 1. The van der Waals surface area contributed by atoms with Crippen LogP contribution in [0.15, 0.2) is 22.9 Å². The summed E-state index contributed by atoms with van der Waals surface area (Å²) < 4.78 is 17.6. The fraction of sp³-hybridized carbons (Fsp3) is 0.125. The Bertz CT molecular complexity index is 358. The SMILES string of the molecule is Cc1ccc(F)c2oncc12. The number of rotatable bonds is 0. The van der Waals surface area contributed by atoms with E-state index in [4.69, 9.17) is 4.52 Å². The molecule has 0 aliphatic rings. The molecule has 0 aliphatic heterocycles. The summed E-state index contributed by atoms with van der Waals surface area (Å²) in [5, 5.41) is 4.25. The lowest BCUT2D eigenvalue weighted by molar-refractivity contribution is 0.440. The van der Waals surface area contributed by atoms with E-state index < -0.39 is 0 Å². The molecular formula is C8H6FNO. The predicted octanol–water partition coefficient (Wildman–Crippen LogP) is 2.28. The highest BCUT2D eigenvalue weighted by Gasteiger charge is 2.06. The van der Waals surface area contributed by atoms with Crippen molar-refractivity contribution < 1.29 is 8.91 Å². The highest BCUT2D eigenvalue weighted by atomic mass is 19.1. The molecule has 2 nitrogen and oxygen atoms in total. The highest BCUT2D eigenvalue weighted by Crippen LogP contribution is 2.20. The third-order valence-corrected chi connectivity index (χ3v) is 1.69. The highest BCUT2D eigenvalue weighted by molar-refractivity contribution is 5.79. The van der Waals surface area contributed by atoms with E-state index in [-0.39, 0.29) is 11.4 Å². The van der Waals surface area contributed by atoms with Gasteiger partial charge in [-0.25, -0.2) is 4.39 Å². The summed E-state index contributed by atoms with van der Waals surface area (Å²) >= 11 is 0. The largest absolute Gasteiger partial charge is 0.353 e. The zero-order chi connectivity index (χ0) is 7.84. The van der Waals surface area contributed by atoms with Gasteiger partial charge in [-0.15, -0.1) is 0 Å². The summed E-state index contributed by atoms with van der Waals surface area (Å²) in [6, 6.07) is 3.08. The average Bonchev–Trinajstić information content (AvgIpc) is 2.45. The van der Waals surface area contributed by atoms with Crippen LogP contribution in [0.3, 0.4) is 0 Å². The number of hydrogen-bond donors (Lipinski definition) is 0. The molecule has 0 unspecified atom stereocenters. The lowest BCUT2D eigenvalue weighted by Crippen LogP contribution is -1.77. The Hall–Kier alpha value is -1.38. The minimum Gasteiger partial charge on any atom is -0.353 e. The third-order valence-electron chi connectivity index (χ3n) is 1.69. The van der Waals surface area contributed by atoms with Crippen molar-refractivity contribution in [2.24, 2.45) is 0 Å². The van der Waals surface area contributed by atoms with Crippen LogP contribution in [0.1, 0.15) is 5.56 Å². The molecule has 0 atom stereocenters. The summed E-state index contributed by atoms with van der Waals surface area (Å²) in [7, 11) is 0. The molecule has 2 aromatic rings. The molecule has 56 valence electrons. The van der Waals surface area contributed by atoms with Gasteiger partial charge < -0.3 is 4.52 Å². The molecule has 1 aromatic heterocycles. The molecule has 3 heteroatoms. The second-order valence-electron chi connectivity index (χ2n) is 2.43. The van der Waals surface area contributed by atoms with Gasteiger partial charge in [0, 0.05) is 5.39 Å². The van der Waals surface area contributed by atoms with Gasteiger partial charge in [0.2, 0.25) is 5.58 Å². The van der Waals surface area contributed by atoms with Crippen molar-refractivity contribution in [2.45, 2.75) is 6.92 Å². The number of aromatic nitrogens is 1. The van der Waals surface area contributed by atoms with Gasteiger partial charge in [0.25, 0.3) is 0 Å². The molecule has 11 heavy (non-hydrogen) atoms. The number of aryl methyl sites for hydroxylation is 1. The summed E-state index contributed by atoms with van der Waals surface area (Å²) in [4.78, 5) is 0. The molecular weight excluding hydrogens is 145 g/mol. The Morgan fingerprint density at radius 3 is 3.00 bits per heavy atom. The van der Waals surface area contributed by atoms with E-state index in [0.717, 1.165) is 10.9 Å². The van der Waals surface area contributed by atoms with Crippen molar-refractivity contribution in [2.75, 3.05) is 0 Å². The van der Waals surface area contributed by atoms with Crippen LogP contribution in [0.4, 0.5) is 4.39 Å². The predicted molar refractivity (Wildman–Crippen MR) is 38.7 cm³/mol. The van der Waals surface area contributed by atoms with Crippen LogP contribution in [0, 0.1) is 12.7 Å². The van der Waals surface area contributed by atoms with Gasteiger partial charge in [0.1, 0.15) is 0 Å². The number of hydrogen-bond acceptors (Lipinski definition) is 2. The lowest BCUT2D eigenvalue weighted by atomic mass is 10.1. The molecule has 0 N–H and O–H groups in total. The van der Waals surface area contributed by atoms with Crippen LogP contribution in [0.2, 0.25) is 0 Å². The second kappa shape index (κ2) is 2.05. The topological polar surface area (TPSA) is 26.0 Å². The van der Waals surface area contributed by atoms with E-state index in [1.807, 2.05) is 6.92 Å². The molecule has 0 saturated carbocycles. The first-order valence-corrected chi connectivity index (χ1v) is 3.28. The van der Waals surface area contributed by atoms with E-state index in [2.05, 4.69) is 5.16 Å². The zero-order valence-corrected chi connectivity index (χ0v) is 5.97. The monoisotopic (exact) mass is 151 g/mol. The van der Waals surface area contributed by atoms with Crippen molar-refractivity contribution in [1.82, 2.24) is 5.16 Å². The first kappa shape index (κ1) is 6.34. The van der Waals surface area contributed by atoms with Gasteiger partial charge >= 0.3 is 0 Å². The van der Waals surface area contributed by atoms with Crippen molar-refractivity contribution in [3.05, 3.63) is 29.7 Å². The summed E-state index contributed by atoms with van der Waals surface area (Å²) in [6.07, 6.45) is 1.52. The van der Waals surface area contributed by atoms with Crippen LogP contribution < -0.4 is 0 Å². The third kappa shape index (κ3) is 0.808. The Labute approximate surface area is 62.6 Å². The van der Waals surface area contributed by atoms with Crippen LogP contribution in [-0.4, -0.2) is 5.16 Å². The maximum atomic E-state index is 12.9. The van der Waals surface area contributed by atoms with Crippen molar-refractivity contribution in [1.29, 1.82) is 0 Å². The van der Waals surface area contributed by atoms with Crippen molar-refractivity contribution in [3.8, 4) is 0 Å². The Kier molecular flexibility index (Phi) is 1.18. The first-order chi connectivity index (χ1) is 5.29. The second-order valence-corrected chi connectivity index (χ2v) is 2.43. The van der Waals surface area contributed by atoms with Gasteiger partial charge in [-0.1, -0.05) is 11.2 Å². The van der Waals surface area contributed by atoms with Crippen LogP contribution in [0.5, 0.6) is 0 Å². The molecule has 0 aliphatic carbocycles. The summed E-state index contributed by atoms with van der Waals surface area (Å²) in [5.74, 6) is -0.358. The Balaban J connectivity index is 2.96. The molecule has 1 heterocycles. The summed E-state index contributed by atoms with van der Waals surface area (Å²) in [5.41, 5.74) is 1.22. The van der Waals surface area contributed by atoms with E-state index in [0.29, 0.717) is 0 Å². The van der Waals surface area contributed by atoms with Crippen LogP contribution in [-0.2, 0) is 0 Å². The number of benzene rings is 1. The van der Waals surface area contributed by atoms with Gasteiger partial charge in [-0.2, -0.15) is 0 Å². The fourth-order valence-corrected chi connectivity index (χ4v) is 1.06. The average molecular weight is 151 g/mol. The van der Waals surface area contributed by atoms with Crippen molar-refractivity contribution >= 4 is 11.0 Å². The minimum absolute atomic E-state index is 0.241. The Morgan fingerprint density at radius 2 is 2.27 bits per heavy atom. The normalized spacial score (nSPS) is 10.7. The lowest BCUT2D eigenvalue weighted by Gasteiger charge is -1.92. The maximum Gasteiger partial charge on any atom is 0.202 e. The smallest absolute Gasteiger partial charge is 0.202 e. The Morgan fingerprint density at radius 1 is 1.45 bits per heavy atom. The molecule has 0 saturated heterocycles. The standard InChI is InChI=1S/C8H6FNO/c1-5-2-3-7(9)8-6(5)4-10-11-8/h2-4H,1H3. The van der Waals surface area contributed by atoms with Gasteiger partial charge in [0.15, 0.2) is 5.82 Å². The maximum absolute atomic E-state index is 12.9. The van der Waals surface area contributed by atoms with Gasteiger partial charge in [-0.3, -0.25) is 0 Å². The molecule has 0 radical (unpaired) electrons. The van der Waals surface area contributed by atoms with Gasteiger partial charge in [0.05, 0.1) is 6.20 Å². The van der Waals surface area contributed by atoms with Crippen LogP contribution in [0.25, 0.3) is 11.0 Å². The minimum atomic E-state index is -0.358. The first-order valence-electron chi connectivity index (χ1n) is 3.28. The van der Waals surface area contributed by atoms with E-state index >= 15 is 0 Å².